The van der Waals surface area contributed by atoms with Gasteiger partial charge in [-0.3, -0.25) is 4.90 Å². The average Bonchev–Trinajstić information content (AvgIpc) is 2.47. The van der Waals surface area contributed by atoms with Gasteiger partial charge in [0.05, 0.1) is 19.1 Å². The molecule has 0 saturated carbocycles. The third-order valence-corrected chi connectivity index (χ3v) is 4.32. The second-order valence-corrected chi connectivity index (χ2v) is 7.00. The van der Waals surface area contributed by atoms with Gasteiger partial charge in [0.2, 0.25) is 10.0 Å². The van der Waals surface area contributed by atoms with Crippen molar-refractivity contribution >= 4 is 15.7 Å². The second-order valence-electron chi connectivity index (χ2n) is 5.17. The molecule has 21 heavy (non-hydrogen) atoms. The van der Waals surface area contributed by atoms with E-state index < -0.39 is 10.0 Å². The predicted octanol–water partition coefficient (Wildman–Crippen LogP) is 0.366. The minimum atomic E-state index is -3.09. The summed E-state index contributed by atoms with van der Waals surface area (Å²) in [4.78, 5) is 4.57. The number of hydrogen-bond acceptors (Lipinski definition) is 5. The first-order chi connectivity index (χ1) is 9.99. The molecule has 2 rings (SSSR count). The van der Waals surface area contributed by atoms with Crippen LogP contribution in [-0.2, 0) is 10.0 Å². The number of nitrogens with zero attached hydrogens (tertiary/aromatic N) is 2. The molecule has 118 valence electrons. The lowest BCUT2D eigenvalue weighted by Crippen LogP contribution is -2.48. The molecule has 1 aliphatic heterocycles. The zero-order chi connectivity index (χ0) is 15.3. The van der Waals surface area contributed by atoms with Gasteiger partial charge >= 0.3 is 0 Å². The molecule has 6 nitrogen and oxygen atoms in total. The number of rotatable bonds is 6. The third kappa shape index (κ3) is 4.87. The van der Waals surface area contributed by atoms with E-state index >= 15 is 0 Å². The fourth-order valence-corrected chi connectivity index (χ4v) is 2.95. The largest absolute Gasteiger partial charge is 0.495 e. The van der Waals surface area contributed by atoms with Crippen molar-refractivity contribution in [1.82, 2.24) is 9.62 Å². The van der Waals surface area contributed by atoms with E-state index in [2.05, 4.69) is 20.6 Å². The van der Waals surface area contributed by atoms with Crippen LogP contribution in [0.1, 0.15) is 0 Å². The Balaban J connectivity index is 1.83. The number of hydrogen-bond donors (Lipinski definition) is 1. The molecule has 1 aromatic carbocycles. The highest BCUT2D eigenvalue weighted by Gasteiger charge is 2.19. The summed E-state index contributed by atoms with van der Waals surface area (Å²) in [6, 6.07) is 8.02. The molecule has 7 heteroatoms. The van der Waals surface area contributed by atoms with Gasteiger partial charge in [0.25, 0.3) is 0 Å². The predicted molar refractivity (Wildman–Crippen MR) is 84.5 cm³/mol. The molecule has 0 bridgehead atoms. The van der Waals surface area contributed by atoms with Crippen molar-refractivity contribution in [3.8, 4) is 5.75 Å². The van der Waals surface area contributed by atoms with Crippen LogP contribution in [0.2, 0.25) is 0 Å². The number of sulfonamides is 1. The number of para-hydroxylation sites is 2. The number of piperazine rings is 1. The molecule has 1 heterocycles. The highest BCUT2D eigenvalue weighted by Crippen LogP contribution is 2.28. The lowest BCUT2D eigenvalue weighted by Gasteiger charge is -2.36. The molecule has 0 aliphatic carbocycles. The second kappa shape index (κ2) is 7.11. The maximum absolute atomic E-state index is 11.0. The fraction of sp³-hybridized carbons (Fsp3) is 0.571. The maximum Gasteiger partial charge on any atom is 0.208 e. The van der Waals surface area contributed by atoms with Crippen LogP contribution in [0.15, 0.2) is 24.3 Å². The van der Waals surface area contributed by atoms with E-state index in [0.29, 0.717) is 6.54 Å². The van der Waals surface area contributed by atoms with Gasteiger partial charge in [-0.05, 0) is 12.1 Å². The van der Waals surface area contributed by atoms with Gasteiger partial charge in [-0.1, -0.05) is 12.1 Å². The van der Waals surface area contributed by atoms with Gasteiger partial charge in [-0.25, -0.2) is 13.1 Å². The first-order valence-corrected chi connectivity index (χ1v) is 8.94. The van der Waals surface area contributed by atoms with Crippen LogP contribution < -0.4 is 14.4 Å². The quantitative estimate of drug-likeness (QED) is 0.822. The van der Waals surface area contributed by atoms with Crippen molar-refractivity contribution in [2.45, 2.75) is 0 Å². The lowest BCUT2D eigenvalue weighted by atomic mass is 10.2. The van der Waals surface area contributed by atoms with E-state index in [1.807, 2.05) is 18.2 Å². The molecule has 0 unspecified atom stereocenters. The zero-order valence-electron chi connectivity index (χ0n) is 12.6. The monoisotopic (exact) mass is 313 g/mol. The van der Waals surface area contributed by atoms with E-state index in [1.165, 1.54) is 6.26 Å². The Kier molecular flexibility index (Phi) is 5.44. The van der Waals surface area contributed by atoms with Crippen LogP contribution in [0.25, 0.3) is 0 Å². The molecule has 1 N–H and O–H groups in total. The maximum atomic E-state index is 11.0. The summed E-state index contributed by atoms with van der Waals surface area (Å²) >= 11 is 0. The summed E-state index contributed by atoms with van der Waals surface area (Å²) in [5.41, 5.74) is 1.12. The third-order valence-electron chi connectivity index (χ3n) is 3.59. The van der Waals surface area contributed by atoms with Crippen molar-refractivity contribution < 1.29 is 13.2 Å². The molecule has 1 aromatic rings. The Morgan fingerprint density at radius 2 is 1.86 bits per heavy atom. The Hall–Kier alpha value is -1.31. The number of anilines is 1. The average molecular weight is 313 g/mol. The molecule has 0 radical (unpaired) electrons. The van der Waals surface area contributed by atoms with Crippen LogP contribution in [0.3, 0.4) is 0 Å². The Labute approximate surface area is 126 Å². The van der Waals surface area contributed by atoms with Crippen molar-refractivity contribution in [3.05, 3.63) is 24.3 Å². The minimum Gasteiger partial charge on any atom is -0.495 e. The van der Waals surface area contributed by atoms with E-state index in [9.17, 15) is 8.42 Å². The first kappa shape index (κ1) is 16.1. The summed E-state index contributed by atoms with van der Waals surface area (Å²) in [6.45, 7) is 4.88. The fourth-order valence-electron chi connectivity index (χ4n) is 2.49. The number of benzene rings is 1. The molecule has 1 aliphatic rings. The van der Waals surface area contributed by atoms with Crippen molar-refractivity contribution in [3.63, 3.8) is 0 Å². The van der Waals surface area contributed by atoms with Crippen molar-refractivity contribution in [2.24, 2.45) is 0 Å². The Bertz CT molecular complexity index is 554. The summed E-state index contributed by atoms with van der Waals surface area (Å²) in [6.07, 6.45) is 1.19. The van der Waals surface area contributed by atoms with Crippen molar-refractivity contribution in [2.75, 3.05) is 57.5 Å². The highest BCUT2D eigenvalue weighted by atomic mass is 32.2. The van der Waals surface area contributed by atoms with Gasteiger partial charge < -0.3 is 9.64 Å². The minimum absolute atomic E-state index is 0.466. The Morgan fingerprint density at radius 1 is 1.19 bits per heavy atom. The number of methoxy groups -OCH3 is 1. The molecular formula is C14H23N3O3S. The summed E-state index contributed by atoms with van der Waals surface area (Å²) < 4.78 is 30.0. The number of ether oxygens (including phenoxy) is 1. The van der Waals surface area contributed by atoms with Gasteiger partial charge in [0, 0.05) is 39.3 Å². The Morgan fingerprint density at radius 3 is 2.48 bits per heavy atom. The first-order valence-electron chi connectivity index (χ1n) is 7.04. The van der Waals surface area contributed by atoms with E-state index in [4.69, 9.17) is 4.74 Å². The van der Waals surface area contributed by atoms with E-state index in [1.54, 1.807) is 7.11 Å². The normalized spacial score (nSPS) is 17.0. The van der Waals surface area contributed by atoms with Gasteiger partial charge in [0.1, 0.15) is 5.75 Å². The van der Waals surface area contributed by atoms with Crippen LogP contribution in [-0.4, -0.2) is 66.0 Å². The molecule has 1 saturated heterocycles. The summed E-state index contributed by atoms with van der Waals surface area (Å²) in [7, 11) is -1.40. The van der Waals surface area contributed by atoms with Crippen LogP contribution >= 0.6 is 0 Å². The van der Waals surface area contributed by atoms with Crippen LogP contribution in [0.5, 0.6) is 5.75 Å². The summed E-state index contributed by atoms with van der Waals surface area (Å²) in [5, 5.41) is 0. The van der Waals surface area contributed by atoms with Gasteiger partial charge in [-0.15, -0.1) is 0 Å². The SMILES string of the molecule is COc1ccccc1N1CCN(CCNS(C)(=O)=O)CC1. The van der Waals surface area contributed by atoms with E-state index in [0.717, 1.165) is 44.2 Å². The topological polar surface area (TPSA) is 61.9 Å². The zero-order valence-corrected chi connectivity index (χ0v) is 13.4. The highest BCUT2D eigenvalue weighted by molar-refractivity contribution is 7.88. The molecule has 0 atom stereocenters. The molecule has 0 spiro atoms. The van der Waals surface area contributed by atoms with Crippen molar-refractivity contribution in [1.29, 1.82) is 0 Å². The molecule has 0 aromatic heterocycles. The standard InChI is InChI=1S/C14H23N3O3S/c1-20-14-6-4-3-5-13(14)17-11-9-16(10-12-17)8-7-15-21(2,18)19/h3-6,15H,7-12H2,1-2H3. The lowest BCUT2D eigenvalue weighted by molar-refractivity contribution is 0.261. The molecule has 0 amide bonds. The van der Waals surface area contributed by atoms with E-state index in [-0.39, 0.29) is 0 Å². The van der Waals surface area contributed by atoms with Crippen LogP contribution in [0.4, 0.5) is 5.69 Å². The van der Waals surface area contributed by atoms with Gasteiger partial charge in [0.15, 0.2) is 0 Å². The smallest absolute Gasteiger partial charge is 0.208 e. The molecular weight excluding hydrogens is 290 g/mol. The summed E-state index contributed by atoms with van der Waals surface area (Å²) in [5.74, 6) is 0.893. The van der Waals surface area contributed by atoms with Gasteiger partial charge in [-0.2, -0.15) is 0 Å². The molecule has 1 fully saturated rings. The number of nitrogens with one attached hydrogen (secondary N) is 1. The van der Waals surface area contributed by atoms with Crippen LogP contribution in [0, 0.1) is 0 Å².